The van der Waals surface area contributed by atoms with E-state index in [-0.39, 0.29) is 6.10 Å². The highest BCUT2D eigenvalue weighted by atomic mass is 35.5. The minimum Gasteiger partial charge on any atom is -0.371 e. The summed E-state index contributed by atoms with van der Waals surface area (Å²) in [5.41, 5.74) is 1.44. The molecule has 0 radical (unpaired) electrons. The van der Waals surface area contributed by atoms with Crippen molar-refractivity contribution in [3.05, 3.63) is 35.9 Å². The van der Waals surface area contributed by atoms with E-state index in [1.54, 1.807) is 0 Å². The van der Waals surface area contributed by atoms with E-state index in [1.807, 2.05) is 0 Å². The number of alkyl halides is 1. The van der Waals surface area contributed by atoms with Crippen LogP contribution in [0.4, 0.5) is 0 Å². The average Bonchev–Trinajstić information content (AvgIpc) is 2.44. The van der Waals surface area contributed by atoms with Crippen LogP contribution in [0.25, 0.3) is 0 Å². The molecule has 19 heavy (non-hydrogen) atoms. The van der Waals surface area contributed by atoms with Gasteiger partial charge in [0.1, 0.15) is 0 Å². The highest BCUT2D eigenvalue weighted by Crippen LogP contribution is 2.13. The van der Waals surface area contributed by atoms with Crippen LogP contribution in [-0.2, 0) is 11.2 Å². The number of hydrogen-bond donors (Lipinski definition) is 0. The van der Waals surface area contributed by atoms with E-state index >= 15 is 0 Å². The molecule has 1 heterocycles. The smallest absolute Gasteiger partial charge is 0.0841 e. The number of morpholine rings is 1. The van der Waals surface area contributed by atoms with E-state index < -0.39 is 0 Å². The Hall–Kier alpha value is -0.570. The molecule has 106 valence electrons. The van der Waals surface area contributed by atoms with Gasteiger partial charge in [0, 0.05) is 19.0 Å². The van der Waals surface area contributed by atoms with Crippen molar-refractivity contribution in [2.75, 3.05) is 25.5 Å². The predicted molar refractivity (Wildman–Crippen MR) is 80.9 cm³/mol. The van der Waals surface area contributed by atoms with Crippen LogP contribution < -0.4 is 0 Å². The molecule has 1 fully saturated rings. The van der Waals surface area contributed by atoms with Crippen molar-refractivity contribution in [2.45, 2.75) is 38.4 Å². The lowest BCUT2D eigenvalue weighted by atomic mass is 10.1. The molecular weight excluding hydrogens is 258 g/mol. The first-order valence-corrected chi connectivity index (χ1v) is 7.79. The lowest BCUT2D eigenvalue weighted by molar-refractivity contribution is -0.0665. The highest BCUT2D eigenvalue weighted by Gasteiger charge is 2.23. The summed E-state index contributed by atoms with van der Waals surface area (Å²) < 4.78 is 5.77. The normalized spacial score (nSPS) is 24.5. The maximum absolute atomic E-state index is 5.90. The van der Waals surface area contributed by atoms with Crippen LogP contribution in [0.5, 0.6) is 0 Å². The van der Waals surface area contributed by atoms with Crippen molar-refractivity contribution in [2.24, 2.45) is 0 Å². The Labute approximate surface area is 121 Å². The van der Waals surface area contributed by atoms with Crippen LogP contribution >= 0.6 is 11.6 Å². The number of hydrogen-bond acceptors (Lipinski definition) is 2. The van der Waals surface area contributed by atoms with Crippen molar-refractivity contribution < 1.29 is 4.74 Å². The minimum absolute atomic E-state index is 0.208. The molecule has 1 aliphatic rings. The second kappa shape index (κ2) is 7.88. The van der Waals surface area contributed by atoms with E-state index in [0.717, 1.165) is 19.6 Å². The minimum atomic E-state index is 0.208. The third-order valence-corrected chi connectivity index (χ3v) is 3.95. The Bertz CT molecular complexity index is 357. The molecule has 1 aromatic carbocycles. The maximum atomic E-state index is 5.90. The van der Waals surface area contributed by atoms with Crippen LogP contribution in [0.1, 0.15) is 25.3 Å². The number of halogens is 1. The molecule has 0 bridgehead atoms. The van der Waals surface area contributed by atoms with Gasteiger partial charge in [0.15, 0.2) is 0 Å². The van der Waals surface area contributed by atoms with E-state index in [9.17, 15) is 0 Å². The first kappa shape index (κ1) is 14.8. The lowest BCUT2D eigenvalue weighted by Gasteiger charge is -2.36. The van der Waals surface area contributed by atoms with Crippen molar-refractivity contribution in [1.29, 1.82) is 0 Å². The SMILES string of the molecule is CC1CN(CCCCc2ccccc2)CC(CCl)O1. The first-order valence-electron chi connectivity index (χ1n) is 7.25. The molecule has 3 heteroatoms. The Kier molecular flexibility index (Phi) is 6.15. The largest absolute Gasteiger partial charge is 0.371 e. The summed E-state index contributed by atoms with van der Waals surface area (Å²) in [4.78, 5) is 2.49. The van der Waals surface area contributed by atoms with Gasteiger partial charge in [-0.15, -0.1) is 11.6 Å². The zero-order chi connectivity index (χ0) is 13.5. The summed E-state index contributed by atoms with van der Waals surface area (Å²) in [6.45, 7) is 5.32. The summed E-state index contributed by atoms with van der Waals surface area (Å²) in [7, 11) is 0. The standard InChI is InChI=1S/C16H24ClNO/c1-14-12-18(13-16(11-17)19-14)10-6-5-9-15-7-3-2-4-8-15/h2-4,7-8,14,16H,5-6,9-13H2,1H3. The number of nitrogens with zero attached hydrogens (tertiary/aromatic N) is 1. The topological polar surface area (TPSA) is 12.5 Å². The van der Waals surface area contributed by atoms with Gasteiger partial charge in [-0.05, 0) is 38.3 Å². The average molecular weight is 282 g/mol. The van der Waals surface area contributed by atoms with E-state index in [2.05, 4.69) is 42.2 Å². The molecule has 2 nitrogen and oxygen atoms in total. The predicted octanol–water partition coefficient (Wildman–Crippen LogP) is 3.34. The number of rotatable bonds is 6. The van der Waals surface area contributed by atoms with Crippen molar-refractivity contribution >= 4 is 11.6 Å². The molecule has 0 aliphatic carbocycles. The van der Waals surface area contributed by atoms with Gasteiger partial charge in [-0.3, -0.25) is 4.90 Å². The molecule has 0 N–H and O–H groups in total. The van der Waals surface area contributed by atoms with Gasteiger partial charge in [-0.25, -0.2) is 0 Å². The van der Waals surface area contributed by atoms with E-state index in [4.69, 9.17) is 16.3 Å². The summed E-state index contributed by atoms with van der Waals surface area (Å²) >= 11 is 5.90. The fourth-order valence-electron chi connectivity index (χ4n) is 2.72. The quantitative estimate of drug-likeness (QED) is 0.586. The van der Waals surface area contributed by atoms with Gasteiger partial charge in [-0.1, -0.05) is 30.3 Å². The zero-order valence-electron chi connectivity index (χ0n) is 11.7. The molecule has 2 rings (SSSR count). The molecule has 1 aliphatic heterocycles. The summed E-state index contributed by atoms with van der Waals surface area (Å²) in [6, 6.07) is 10.7. The third-order valence-electron chi connectivity index (χ3n) is 3.61. The maximum Gasteiger partial charge on any atom is 0.0841 e. The van der Waals surface area contributed by atoms with E-state index in [0.29, 0.717) is 12.0 Å². The monoisotopic (exact) mass is 281 g/mol. The summed E-state index contributed by atoms with van der Waals surface area (Å²) in [6.07, 6.45) is 4.20. The molecule has 1 saturated heterocycles. The molecule has 2 unspecified atom stereocenters. The summed E-state index contributed by atoms with van der Waals surface area (Å²) in [5, 5.41) is 0. The second-order valence-electron chi connectivity index (χ2n) is 5.43. The van der Waals surface area contributed by atoms with Crippen LogP contribution in [-0.4, -0.2) is 42.6 Å². The van der Waals surface area contributed by atoms with Gasteiger partial charge in [0.25, 0.3) is 0 Å². The molecule has 0 saturated carbocycles. The second-order valence-corrected chi connectivity index (χ2v) is 5.73. The van der Waals surface area contributed by atoms with Gasteiger partial charge in [0.05, 0.1) is 12.2 Å². The molecule has 0 spiro atoms. The molecular formula is C16H24ClNO. The Balaban J connectivity index is 1.65. The number of ether oxygens (including phenoxy) is 1. The summed E-state index contributed by atoms with van der Waals surface area (Å²) in [5.74, 6) is 0.602. The van der Waals surface area contributed by atoms with Gasteiger partial charge in [0.2, 0.25) is 0 Å². The van der Waals surface area contributed by atoms with E-state index in [1.165, 1.54) is 24.8 Å². The highest BCUT2D eigenvalue weighted by molar-refractivity contribution is 6.18. The van der Waals surface area contributed by atoms with Gasteiger partial charge in [-0.2, -0.15) is 0 Å². The first-order chi connectivity index (χ1) is 9.28. The number of unbranched alkanes of at least 4 members (excludes halogenated alkanes) is 1. The molecule has 2 atom stereocenters. The Morgan fingerprint density at radius 3 is 2.74 bits per heavy atom. The van der Waals surface area contributed by atoms with Crippen molar-refractivity contribution in [1.82, 2.24) is 4.90 Å². The van der Waals surface area contributed by atoms with Gasteiger partial charge >= 0.3 is 0 Å². The van der Waals surface area contributed by atoms with Crippen molar-refractivity contribution in [3.8, 4) is 0 Å². The number of aryl methyl sites for hydroxylation is 1. The van der Waals surface area contributed by atoms with Crippen LogP contribution in [0, 0.1) is 0 Å². The zero-order valence-corrected chi connectivity index (χ0v) is 12.5. The van der Waals surface area contributed by atoms with Crippen LogP contribution in [0.2, 0.25) is 0 Å². The van der Waals surface area contributed by atoms with Crippen LogP contribution in [0.15, 0.2) is 30.3 Å². The van der Waals surface area contributed by atoms with Crippen LogP contribution in [0.3, 0.4) is 0 Å². The van der Waals surface area contributed by atoms with Crippen molar-refractivity contribution in [3.63, 3.8) is 0 Å². The molecule has 1 aromatic rings. The third kappa shape index (κ3) is 5.13. The molecule has 0 amide bonds. The Morgan fingerprint density at radius 1 is 1.21 bits per heavy atom. The fourth-order valence-corrected chi connectivity index (χ4v) is 2.89. The lowest BCUT2D eigenvalue weighted by Crippen LogP contribution is -2.47. The van der Waals surface area contributed by atoms with Gasteiger partial charge < -0.3 is 4.74 Å². The fraction of sp³-hybridized carbons (Fsp3) is 0.625. The Morgan fingerprint density at radius 2 is 2.00 bits per heavy atom. The number of benzene rings is 1. The molecule has 0 aromatic heterocycles.